The van der Waals surface area contributed by atoms with Crippen molar-refractivity contribution in [2.24, 2.45) is 0 Å². The number of hydrogen-bond acceptors (Lipinski definition) is 4. The maximum Gasteiger partial charge on any atom is 0.407 e. The number of piperidine rings is 1. The molecule has 1 fully saturated rings. The van der Waals surface area contributed by atoms with Gasteiger partial charge in [0.1, 0.15) is 11.6 Å². The molecule has 8 nitrogen and oxygen atoms in total. The van der Waals surface area contributed by atoms with Crippen molar-refractivity contribution in [1.82, 2.24) is 15.1 Å². The van der Waals surface area contributed by atoms with Crippen LogP contribution in [-0.2, 0) is 22.6 Å². The lowest BCUT2D eigenvalue weighted by Gasteiger charge is -2.29. The Labute approximate surface area is 240 Å². The highest BCUT2D eigenvalue weighted by Crippen LogP contribution is 2.16. The molecular formula is C28H34F2IN3O5. The van der Waals surface area contributed by atoms with E-state index in [-0.39, 0.29) is 43.8 Å². The van der Waals surface area contributed by atoms with Gasteiger partial charge in [-0.2, -0.15) is 0 Å². The summed E-state index contributed by atoms with van der Waals surface area (Å²) in [5.74, 6) is -2.04. The van der Waals surface area contributed by atoms with E-state index in [9.17, 15) is 33.4 Å². The Kier molecular flexibility index (Phi) is 11.9. The smallest absolute Gasteiger partial charge is 0.407 e. The molecule has 3 rings (SSSR count). The molecule has 1 aliphatic rings. The molecular weight excluding hydrogens is 623 g/mol. The number of amides is 3. The number of carboxylic acid groups (broad SMARTS) is 1. The van der Waals surface area contributed by atoms with E-state index in [1.807, 2.05) is 12.1 Å². The van der Waals surface area contributed by atoms with Crippen molar-refractivity contribution in [2.75, 3.05) is 19.6 Å². The van der Waals surface area contributed by atoms with Crippen LogP contribution in [0.2, 0.25) is 0 Å². The summed E-state index contributed by atoms with van der Waals surface area (Å²) < 4.78 is 28.6. The van der Waals surface area contributed by atoms with Gasteiger partial charge in [-0.15, -0.1) is 0 Å². The molecule has 3 amide bonds. The first-order chi connectivity index (χ1) is 18.6. The van der Waals surface area contributed by atoms with E-state index in [2.05, 4.69) is 27.9 Å². The molecule has 0 aromatic heterocycles. The summed E-state index contributed by atoms with van der Waals surface area (Å²) >= 11 is 2.12. The summed E-state index contributed by atoms with van der Waals surface area (Å²) in [5, 5.41) is 23.5. The Hall–Kier alpha value is -2.80. The summed E-state index contributed by atoms with van der Waals surface area (Å²) in [6, 6.07) is 9.17. The lowest BCUT2D eigenvalue weighted by molar-refractivity contribution is -0.132. The van der Waals surface area contributed by atoms with E-state index in [0.717, 1.165) is 64.6 Å². The van der Waals surface area contributed by atoms with Gasteiger partial charge in [-0.25, -0.2) is 13.6 Å². The highest BCUT2D eigenvalue weighted by atomic mass is 127. The van der Waals surface area contributed by atoms with Gasteiger partial charge in [-0.05, 0) is 90.1 Å². The van der Waals surface area contributed by atoms with Crippen LogP contribution in [-0.4, -0.2) is 69.7 Å². The Morgan fingerprint density at radius 2 is 1.69 bits per heavy atom. The SMILES string of the molecule is O=C(CCCC(=O)N1CCCCC1)N[C@@H](Cc1cc(F)cc(F)c1)[C@H](O)CN(Cc1cccc(I)c1)C(=O)O. The summed E-state index contributed by atoms with van der Waals surface area (Å²) in [7, 11) is 0. The Bertz CT molecular complexity index is 1130. The fourth-order valence-corrected chi connectivity index (χ4v) is 5.27. The second-order valence-electron chi connectivity index (χ2n) is 9.81. The van der Waals surface area contributed by atoms with Gasteiger partial charge in [-0.3, -0.25) is 9.59 Å². The Morgan fingerprint density at radius 3 is 2.33 bits per heavy atom. The van der Waals surface area contributed by atoms with Crippen molar-refractivity contribution in [2.45, 2.75) is 63.6 Å². The van der Waals surface area contributed by atoms with Gasteiger partial charge >= 0.3 is 6.09 Å². The van der Waals surface area contributed by atoms with Crippen LogP contribution in [0.5, 0.6) is 0 Å². The minimum atomic E-state index is -1.37. The predicted octanol–water partition coefficient (Wildman–Crippen LogP) is 4.32. The molecule has 0 saturated carbocycles. The largest absolute Gasteiger partial charge is 0.465 e. The standard InChI is InChI=1S/C28H34F2IN3O5/c29-21-12-20(13-22(30)16-21)15-24(32-26(36)8-5-9-27(37)33-10-2-1-3-11-33)25(35)18-34(28(38)39)17-19-6-4-7-23(31)14-19/h4,6-7,12-14,16,24-25,35H,1-3,5,8-11,15,17-18H2,(H,32,36)(H,38,39)/t24-,25+/m0/s1. The molecule has 0 aliphatic carbocycles. The van der Waals surface area contributed by atoms with Crippen molar-refractivity contribution >= 4 is 40.5 Å². The van der Waals surface area contributed by atoms with Crippen LogP contribution in [0.1, 0.15) is 49.7 Å². The molecule has 39 heavy (non-hydrogen) atoms. The summed E-state index contributed by atoms with van der Waals surface area (Å²) in [6.45, 7) is 1.13. The van der Waals surface area contributed by atoms with Gasteiger partial charge < -0.3 is 25.3 Å². The van der Waals surface area contributed by atoms with Crippen LogP contribution in [0.4, 0.5) is 13.6 Å². The first kappa shape index (κ1) is 30.7. The monoisotopic (exact) mass is 657 g/mol. The van der Waals surface area contributed by atoms with E-state index >= 15 is 0 Å². The number of rotatable bonds is 12. The zero-order chi connectivity index (χ0) is 28.4. The first-order valence-corrected chi connectivity index (χ1v) is 14.1. The van der Waals surface area contributed by atoms with Gasteiger partial charge in [0.25, 0.3) is 0 Å². The number of likely N-dealkylation sites (tertiary alicyclic amines) is 1. The van der Waals surface area contributed by atoms with E-state index in [4.69, 9.17) is 0 Å². The van der Waals surface area contributed by atoms with Crippen LogP contribution < -0.4 is 5.32 Å². The molecule has 0 unspecified atom stereocenters. The van der Waals surface area contributed by atoms with Crippen LogP contribution in [0, 0.1) is 15.2 Å². The van der Waals surface area contributed by atoms with Gasteiger partial charge in [-0.1, -0.05) is 12.1 Å². The van der Waals surface area contributed by atoms with E-state index in [1.54, 1.807) is 17.0 Å². The van der Waals surface area contributed by atoms with Crippen LogP contribution in [0.3, 0.4) is 0 Å². The Balaban J connectivity index is 1.66. The minimum absolute atomic E-state index is 0.00185. The average Bonchev–Trinajstić information content (AvgIpc) is 2.87. The summed E-state index contributed by atoms with van der Waals surface area (Å²) in [5.41, 5.74) is 0.930. The molecule has 3 N–H and O–H groups in total. The number of benzene rings is 2. The molecule has 1 heterocycles. The highest BCUT2D eigenvalue weighted by molar-refractivity contribution is 14.1. The molecule has 0 spiro atoms. The maximum absolute atomic E-state index is 13.8. The zero-order valence-corrected chi connectivity index (χ0v) is 23.8. The number of hydrogen-bond donors (Lipinski definition) is 3. The Morgan fingerprint density at radius 1 is 1.00 bits per heavy atom. The van der Waals surface area contributed by atoms with Crippen molar-refractivity contribution in [1.29, 1.82) is 0 Å². The van der Waals surface area contributed by atoms with Crippen LogP contribution in [0.15, 0.2) is 42.5 Å². The molecule has 0 bridgehead atoms. The fourth-order valence-electron chi connectivity index (χ4n) is 4.67. The molecule has 11 heteroatoms. The topological polar surface area (TPSA) is 110 Å². The quantitative estimate of drug-likeness (QED) is 0.295. The van der Waals surface area contributed by atoms with Crippen molar-refractivity contribution in [3.05, 3.63) is 68.8 Å². The van der Waals surface area contributed by atoms with Gasteiger partial charge in [0.05, 0.1) is 18.7 Å². The lowest BCUT2D eigenvalue weighted by atomic mass is 9.99. The molecule has 0 radical (unpaired) electrons. The lowest BCUT2D eigenvalue weighted by Crippen LogP contribution is -2.50. The first-order valence-electron chi connectivity index (χ1n) is 13.0. The van der Waals surface area contributed by atoms with Crippen molar-refractivity contribution < 1.29 is 33.4 Å². The molecule has 1 saturated heterocycles. The molecule has 1 aliphatic heterocycles. The van der Waals surface area contributed by atoms with E-state index in [1.165, 1.54) is 0 Å². The molecule has 2 aromatic rings. The predicted molar refractivity (Wildman–Crippen MR) is 150 cm³/mol. The number of carbonyl (C=O) groups excluding carboxylic acids is 2. The normalized spacial score (nSPS) is 14.9. The van der Waals surface area contributed by atoms with Crippen LogP contribution in [0.25, 0.3) is 0 Å². The van der Waals surface area contributed by atoms with Gasteiger partial charge in [0.15, 0.2) is 0 Å². The van der Waals surface area contributed by atoms with E-state index < -0.39 is 35.8 Å². The van der Waals surface area contributed by atoms with Crippen LogP contribution >= 0.6 is 22.6 Å². The third kappa shape index (κ3) is 10.4. The number of halogens is 3. The zero-order valence-electron chi connectivity index (χ0n) is 21.6. The number of aliphatic hydroxyl groups is 1. The summed E-state index contributed by atoms with van der Waals surface area (Å²) in [4.78, 5) is 39.9. The van der Waals surface area contributed by atoms with Gasteiger partial charge in [0.2, 0.25) is 11.8 Å². The number of aliphatic hydroxyl groups excluding tert-OH is 1. The molecule has 2 atom stereocenters. The third-order valence-electron chi connectivity index (χ3n) is 6.63. The number of nitrogens with one attached hydrogen (secondary N) is 1. The number of nitrogens with zero attached hydrogens (tertiary/aromatic N) is 2. The minimum Gasteiger partial charge on any atom is -0.465 e. The fraction of sp³-hybridized carbons (Fsp3) is 0.464. The maximum atomic E-state index is 13.8. The highest BCUT2D eigenvalue weighted by Gasteiger charge is 2.27. The average molecular weight is 657 g/mol. The second kappa shape index (κ2) is 15.1. The molecule has 212 valence electrons. The summed E-state index contributed by atoms with van der Waals surface area (Å²) in [6.07, 6.45) is 0.864. The van der Waals surface area contributed by atoms with Gasteiger partial charge in [0, 0.05) is 42.1 Å². The van der Waals surface area contributed by atoms with Crippen molar-refractivity contribution in [3.8, 4) is 0 Å². The second-order valence-corrected chi connectivity index (χ2v) is 11.1. The number of carbonyl (C=O) groups is 3. The van der Waals surface area contributed by atoms with E-state index in [0.29, 0.717) is 6.42 Å². The molecule has 2 aromatic carbocycles. The van der Waals surface area contributed by atoms with Crippen molar-refractivity contribution in [3.63, 3.8) is 0 Å². The third-order valence-corrected chi connectivity index (χ3v) is 7.30.